The van der Waals surface area contributed by atoms with Crippen LogP contribution in [0.2, 0.25) is 0 Å². The van der Waals surface area contributed by atoms with Gasteiger partial charge in [0.1, 0.15) is 0 Å². The lowest BCUT2D eigenvalue weighted by Gasteiger charge is -2.04. The van der Waals surface area contributed by atoms with Crippen LogP contribution in [0.5, 0.6) is 0 Å². The van der Waals surface area contributed by atoms with Crippen molar-refractivity contribution in [1.82, 2.24) is 14.9 Å². The second-order valence-corrected chi connectivity index (χ2v) is 2.72. The fourth-order valence-electron chi connectivity index (χ4n) is 0.925. The predicted octanol–water partition coefficient (Wildman–Crippen LogP) is -0.588. The molecule has 0 spiro atoms. The van der Waals surface area contributed by atoms with Crippen molar-refractivity contribution >= 4 is 5.82 Å². The van der Waals surface area contributed by atoms with Crippen LogP contribution in [0.3, 0.4) is 0 Å². The van der Waals surface area contributed by atoms with Gasteiger partial charge in [-0.25, -0.2) is 4.98 Å². The largest absolute Gasteiger partial charge is 0.364 e. The van der Waals surface area contributed by atoms with Gasteiger partial charge in [0.25, 0.3) is 5.56 Å². The summed E-state index contributed by atoms with van der Waals surface area (Å²) in [5.74, 6) is 0.403. The highest BCUT2D eigenvalue weighted by molar-refractivity contribution is 5.30. The molecule has 13 heavy (non-hydrogen) atoms. The average molecular weight is 182 g/mol. The minimum Gasteiger partial charge on any atom is -0.364 e. The molecule has 0 aliphatic carbocycles. The Morgan fingerprint density at radius 3 is 3.00 bits per heavy atom. The Labute approximate surface area is 76.8 Å². The van der Waals surface area contributed by atoms with Gasteiger partial charge in [0.2, 0.25) is 0 Å². The van der Waals surface area contributed by atoms with Crippen LogP contribution in [0.4, 0.5) is 5.82 Å². The van der Waals surface area contributed by atoms with Crippen molar-refractivity contribution in [3.05, 3.63) is 22.7 Å². The van der Waals surface area contributed by atoms with E-state index in [-0.39, 0.29) is 5.56 Å². The van der Waals surface area contributed by atoms with E-state index in [1.807, 2.05) is 7.05 Å². The molecule has 0 bridgehead atoms. The molecule has 0 amide bonds. The molecule has 0 unspecified atom stereocenters. The van der Waals surface area contributed by atoms with Gasteiger partial charge >= 0.3 is 0 Å². The van der Waals surface area contributed by atoms with Crippen molar-refractivity contribution < 1.29 is 0 Å². The molecule has 72 valence electrons. The van der Waals surface area contributed by atoms with Crippen LogP contribution in [-0.2, 0) is 7.05 Å². The number of hydrogen-bond donors (Lipinski definition) is 2. The molecule has 5 heteroatoms. The van der Waals surface area contributed by atoms with Crippen LogP contribution in [-0.4, -0.2) is 29.7 Å². The lowest BCUT2D eigenvalue weighted by Crippen LogP contribution is -2.25. The Bertz CT molecular complexity index is 320. The van der Waals surface area contributed by atoms with Gasteiger partial charge in [0, 0.05) is 32.5 Å². The highest BCUT2D eigenvalue weighted by Gasteiger charge is 1.99. The van der Waals surface area contributed by atoms with Crippen molar-refractivity contribution in [3.63, 3.8) is 0 Å². The summed E-state index contributed by atoms with van der Waals surface area (Å²) in [4.78, 5) is 15.3. The molecule has 1 aromatic heterocycles. The van der Waals surface area contributed by atoms with E-state index < -0.39 is 0 Å². The van der Waals surface area contributed by atoms with Crippen molar-refractivity contribution in [2.45, 2.75) is 0 Å². The molecule has 0 saturated heterocycles. The van der Waals surface area contributed by atoms with Crippen LogP contribution in [0.25, 0.3) is 0 Å². The van der Waals surface area contributed by atoms with Crippen LogP contribution in [0, 0.1) is 0 Å². The van der Waals surface area contributed by atoms with Crippen molar-refractivity contribution in [1.29, 1.82) is 0 Å². The topological polar surface area (TPSA) is 59.0 Å². The molecule has 0 aliphatic heterocycles. The van der Waals surface area contributed by atoms with Crippen molar-refractivity contribution in [2.24, 2.45) is 7.05 Å². The number of hydrogen-bond acceptors (Lipinski definition) is 4. The minimum absolute atomic E-state index is 0.0985. The lowest BCUT2D eigenvalue weighted by molar-refractivity contribution is 0.805. The molecule has 0 saturated carbocycles. The zero-order valence-corrected chi connectivity index (χ0v) is 7.87. The molecule has 0 radical (unpaired) electrons. The number of nitrogens with zero attached hydrogens (tertiary/aromatic N) is 2. The zero-order valence-electron chi connectivity index (χ0n) is 7.87. The first-order valence-corrected chi connectivity index (χ1v) is 4.16. The third-order valence-electron chi connectivity index (χ3n) is 1.68. The number of likely N-dealkylation sites (N-methyl/N-ethyl adjacent to an activating group) is 1. The van der Waals surface area contributed by atoms with E-state index in [2.05, 4.69) is 15.6 Å². The van der Waals surface area contributed by atoms with E-state index in [4.69, 9.17) is 0 Å². The van der Waals surface area contributed by atoms with Crippen molar-refractivity contribution in [3.8, 4) is 0 Å². The summed E-state index contributed by atoms with van der Waals surface area (Å²) in [6, 6.07) is 0. The van der Waals surface area contributed by atoms with Gasteiger partial charge < -0.3 is 15.2 Å². The molecular weight excluding hydrogens is 168 g/mol. The molecular formula is C8H14N4O. The van der Waals surface area contributed by atoms with Gasteiger partial charge in [-0.15, -0.1) is 0 Å². The maximum atomic E-state index is 11.4. The van der Waals surface area contributed by atoms with Gasteiger partial charge in [0.05, 0.1) is 0 Å². The van der Waals surface area contributed by atoms with E-state index in [0.717, 1.165) is 6.54 Å². The molecule has 0 fully saturated rings. The minimum atomic E-state index is -0.0985. The quantitative estimate of drug-likeness (QED) is 0.611. The van der Waals surface area contributed by atoms with Crippen LogP contribution in [0.1, 0.15) is 0 Å². The fourth-order valence-corrected chi connectivity index (χ4v) is 0.925. The normalized spacial score (nSPS) is 10.0. The summed E-state index contributed by atoms with van der Waals surface area (Å²) < 4.78 is 1.49. The maximum Gasteiger partial charge on any atom is 0.293 e. The summed E-state index contributed by atoms with van der Waals surface area (Å²) in [7, 11) is 3.56. The molecule has 2 N–H and O–H groups in total. The molecule has 0 aromatic carbocycles. The summed E-state index contributed by atoms with van der Waals surface area (Å²) in [6.45, 7) is 1.50. The number of anilines is 1. The molecule has 0 aliphatic rings. The van der Waals surface area contributed by atoms with Crippen LogP contribution in [0.15, 0.2) is 17.2 Å². The van der Waals surface area contributed by atoms with Gasteiger partial charge in [-0.2, -0.15) is 0 Å². The van der Waals surface area contributed by atoms with E-state index >= 15 is 0 Å². The third kappa shape index (κ3) is 2.55. The molecule has 0 atom stereocenters. The fraction of sp³-hybridized carbons (Fsp3) is 0.500. The predicted molar refractivity (Wildman–Crippen MR) is 51.9 cm³/mol. The standard InChI is InChI=1S/C8H14N4O/c1-9-3-4-10-7-8(13)12(2)6-5-11-7/h5-6,9H,3-4H2,1-2H3,(H,10,11). The Morgan fingerprint density at radius 1 is 1.54 bits per heavy atom. The number of nitrogens with one attached hydrogen (secondary N) is 2. The first-order chi connectivity index (χ1) is 6.25. The van der Waals surface area contributed by atoms with Gasteiger partial charge in [-0.05, 0) is 7.05 Å². The highest BCUT2D eigenvalue weighted by Crippen LogP contribution is 1.89. The third-order valence-corrected chi connectivity index (χ3v) is 1.68. The van der Waals surface area contributed by atoms with E-state index in [1.165, 1.54) is 4.57 Å². The Kier molecular flexibility index (Phi) is 3.45. The van der Waals surface area contributed by atoms with Gasteiger partial charge in [-0.1, -0.05) is 0 Å². The monoisotopic (exact) mass is 182 g/mol. The van der Waals surface area contributed by atoms with Crippen molar-refractivity contribution in [2.75, 3.05) is 25.5 Å². The summed E-state index contributed by atoms with van der Waals surface area (Å²) >= 11 is 0. The second kappa shape index (κ2) is 4.61. The molecule has 1 aromatic rings. The maximum absolute atomic E-state index is 11.4. The van der Waals surface area contributed by atoms with Gasteiger partial charge in [0.15, 0.2) is 5.82 Å². The number of aromatic nitrogens is 2. The summed E-state index contributed by atoms with van der Waals surface area (Å²) in [6.07, 6.45) is 3.23. The molecule has 5 nitrogen and oxygen atoms in total. The summed E-state index contributed by atoms with van der Waals surface area (Å²) in [5, 5.41) is 5.92. The first-order valence-electron chi connectivity index (χ1n) is 4.16. The Morgan fingerprint density at radius 2 is 2.31 bits per heavy atom. The first kappa shape index (κ1) is 9.73. The number of aryl methyl sites for hydroxylation is 1. The smallest absolute Gasteiger partial charge is 0.293 e. The lowest BCUT2D eigenvalue weighted by atomic mass is 10.5. The average Bonchev–Trinajstić information content (AvgIpc) is 2.13. The Hall–Kier alpha value is -1.36. The zero-order chi connectivity index (χ0) is 9.68. The van der Waals surface area contributed by atoms with E-state index in [1.54, 1.807) is 19.4 Å². The highest BCUT2D eigenvalue weighted by atomic mass is 16.1. The Balaban J connectivity index is 2.67. The van der Waals surface area contributed by atoms with E-state index in [0.29, 0.717) is 12.4 Å². The van der Waals surface area contributed by atoms with Crippen LogP contribution >= 0.6 is 0 Å². The SMILES string of the molecule is CNCCNc1nccn(C)c1=O. The second-order valence-electron chi connectivity index (χ2n) is 2.72. The number of rotatable bonds is 4. The molecule has 1 rings (SSSR count). The molecule has 1 heterocycles. The van der Waals surface area contributed by atoms with E-state index in [9.17, 15) is 4.79 Å². The van der Waals surface area contributed by atoms with Crippen LogP contribution < -0.4 is 16.2 Å². The van der Waals surface area contributed by atoms with Gasteiger partial charge in [-0.3, -0.25) is 4.79 Å². The summed E-state index contributed by atoms with van der Waals surface area (Å²) in [5.41, 5.74) is -0.0985.